The van der Waals surface area contributed by atoms with Crippen molar-refractivity contribution >= 4 is 11.9 Å². The molecule has 1 aromatic rings. The third-order valence-corrected chi connectivity index (χ3v) is 11.1. The van der Waals surface area contributed by atoms with E-state index in [-0.39, 0.29) is 31.4 Å². The molecule has 0 spiro atoms. The van der Waals surface area contributed by atoms with Crippen LogP contribution in [0.5, 0.6) is 0 Å². The van der Waals surface area contributed by atoms with Gasteiger partial charge in [0.05, 0.1) is 36.4 Å². The van der Waals surface area contributed by atoms with Crippen LogP contribution in [0.2, 0.25) is 0 Å². The average molecular weight is 599 g/mol. The molecule has 0 aromatic heterocycles. The number of esters is 2. The summed E-state index contributed by atoms with van der Waals surface area (Å²) < 4.78 is 31.5. The first-order chi connectivity index (χ1) is 20.3. The maximum Gasteiger partial charge on any atom is 0.338 e. The molecule has 43 heavy (non-hydrogen) atoms. The Morgan fingerprint density at radius 3 is 2.44 bits per heavy atom. The molecular formula is C33H42O10. The third kappa shape index (κ3) is 4.07. The van der Waals surface area contributed by atoms with E-state index < -0.39 is 82.8 Å². The van der Waals surface area contributed by atoms with Crippen LogP contribution in [0.15, 0.2) is 54.1 Å². The van der Waals surface area contributed by atoms with Gasteiger partial charge in [0.1, 0.15) is 23.9 Å². The third-order valence-electron chi connectivity index (χ3n) is 11.1. The average Bonchev–Trinajstić information content (AvgIpc) is 3.40. The minimum Gasteiger partial charge on any atom is -0.455 e. The molecule has 3 N–H and O–H groups in total. The Kier molecular flexibility index (Phi) is 7.23. The van der Waals surface area contributed by atoms with E-state index in [1.54, 1.807) is 44.2 Å². The van der Waals surface area contributed by atoms with Crippen molar-refractivity contribution in [3.05, 3.63) is 59.7 Å². The molecule has 1 unspecified atom stereocenters. The maximum atomic E-state index is 13.9. The van der Waals surface area contributed by atoms with Crippen molar-refractivity contribution in [3.63, 3.8) is 0 Å². The van der Waals surface area contributed by atoms with Gasteiger partial charge in [-0.15, -0.1) is 0 Å². The molecule has 10 nitrogen and oxygen atoms in total. The van der Waals surface area contributed by atoms with Gasteiger partial charge in [0.15, 0.2) is 11.9 Å². The van der Waals surface area contributed by atoms with E-state index in [9.17, 15) is 24.9 Å². The molecule has 10 heteroatoms. The predicted octanol–water partition coefficient (Wildman–Crippen LogP) is 2.84. The number of aliphatic hydroxyl groups excluding tert-OH is 2. The second kappa shape index (κ2) is 10.2. The highest BCUT2D eigenvalue weighted by atomic mass is 16.7. The van der Waals surface area contributed by atoms with Gasteiger partial charge in [0.2, 0.25) is 0 Å². The van der Waals surface area contributed by atoms with Crippen LogP contribution < -0.4 is 0 Å². The lowest BCUT2D eigenvalue weighted by Crippen LogP contribution is -2.82. The smallest absolute Gasteiger partial charge is 0.338 e. The molecule has 3 aliphatic carbocycles. The van der Waals surface area contributed by atoms with Gasteiger partial charge in [-0.1, -0.05) is 52.5 Å². The highest BCUT2D eigenvalue weighted by Crippen LogP contribution is 2.66. The van der Waals surface area contributed by atoms with E-state index in [2.05, 4.69) is 6.58 Å². The van der Waals surface area contributed by atoms with Crippen molar-refractivity contribution in [1.29, 1.82) is 0 Å². The SMILES string of the molecule is C=CC1O[C@@H]2C3=C(C)[C@@H](O)C[C@@](O)([C@@H](OC(=O)c4ccccc4)[C@@H]4[C@]5(OC(=O)CC)CO[C@@H]5C[C@H](O)[C@@]4(C)[C@@H]2O1)C3(C)C. The van der Waals surface area contributed by atoms with E-state index in [1.165, 1.54) is 6.08 Å². The minimum atomic E-state index is -1.90. The Balaban J connectivity index is 1.65. The van der Waals surface area contributed by atoms with Gasteiger partial charge < -0.3 is 39.0 Å². The molecule has 0 amide bonds. The van der Waals surface area contributed by atoms with Crippen LogP contribution in [0.4, 0.5) is 0 Å². The second-order valence-electron chi connectivity index (χ2n) is 13.5. The Labute approximate surface area is 251 Å². The summed E-state index contributed by atoms with van der Waals surface area (Å²) in [6.45, 7) is 12.8. The predicted molar refractivity (Wildman–Crippen MR) is 153 cm³/mol. The fraction of sp³-hybridized carbons (Fsp3) is 0.636. The first-order valence-electron chi connectivity index (χ1n) is 15.1. The van der Waals surface area contributed by atoms with Crippen LogP contribution in [0.3, 0.4) is 0 Å². The van der Waals surface area contributed by atoms with Gasteiger partial charge in [-0.05, 0) is 36.3 Å². The zero-order valence-corrected chi connectivity index (χ0v) is 25.3. The molecule has 0 radical (unpaired) electrons. The molecule has 2 aliphatic heterocycles. The molecule has 6 rings (SSSR count). The summed E-state index contributed by atoms with van der Waals surface area (Å²) in [5.74, 6) is -2.21. The molecule has 2 saturated carbocycles. The van der Waals surface area contributed by atoms with Gasteiger partial charge in [-0.2, -0.15) is 0 Å². The number of hydrogen-bond donors (Lipinski definition) is 3. The number of ether oxygens (including phenoxy) is 5. The number of carbonyl (C=O) groups is 2. The van der Waals surface area contributed by atoms with Gasteiger partial charge in [0, 0.05) is 30.1 Å². The van der Waals surface area contributed by atoms with Crippen molar-refractivity contribution in [3.8, 4) is 0 Å². The molecule has 5 aliphatic rings. The fourth-order valence-corrected chi connectivity index (χ4v) is 8.63. The zero-order chi connectivity index (χ0) is 31.1. The van der Waals surface area contributed by atoms with Crippen molar-refractivity contribution in [1.82, 2.24) is 0 Å². The molecule has 234 valence electrons. The second-order valence-corrected chi connectivity index (χ2v) is 13.5. The van der Waals surface area contributed by atoms with Gasteiger partial charge in [-0.25, -0.2) is 4.79 Å². The number of hydrogen-bond acceptors (Lipinski definition) is 10. The topological polar surface area (TPSA) is 141 Å². The molecule has 4 fully saturated rings. The van der Waals surface area contributed by atoms with Crippen LogP contribution in [0.25, 0.3) is 0 Å². The van der Waals surface area contributed by atoms with E-state index in [1.807, 2.05) is 20.8 Å². The first kappa shape index (κ1) is 30.4. The van der Waals surface area contributed by atoms with Crippen LogP contribution in [-0.2, 0) is 28.5 Å². The summed E-state index contributed by atoms with van der Waals surface area (Å²) in [4.78, 5) is 26.9. The highest BCUT2D eigenvalue weighted by Gasteiger charge is 2.78. The number of carbonyl (C=O) groups excluding carboxylic acids is 2. The minimum absolute atomic E-state index is 0.0281. The Hall–Kier alpha value is -2.60. The monoisotopic (exact) mass is 598 g/mol. The lowest BCUT2D eigenvalue weighted by Gasteiger charge is -2.68. The summed E-state index contributed by atoms with van der Waals surface area (Å²) in [5.41, 5.74) is -4.21. The summed E-state index contributed by atoms with van der Waals surface area (Å²) >= 11 is 0. The number of fused-ring (bicyclic) bond motifs is 8. The number of benzene rings is 1. The fourth-order valence-electron chi connectivity index (χ4n) is 8.63. The lowest BCUT2D eigenvalue weighted by atomic mass is 9.44. The van der Waals surface area contributed by atoms with Crippen molar-refractivity contribution < 1.29 is 48.6 Å². The first-order valence-corrected chi connectivity index (χ1v) is 15.1. The molecule has 2 bridgehead atoms. The van der Waals surface area contributed by atoms with E-state index in [4.69, 9.17) is 23.7 Å². The largest absolute Gasteiger partial charge is 0.455 e. The van der Waals surface area contributed by atoms with Crippen molar-refractivity contribution in [2.24, 2.45) is 16.7 Å². The van der Waals surface area contributed by atoms with E-state index >= 15 is 0 Å². The van der Waals surface area contributed by atoms with E-state index in [0.29, 0.717) is 11.1 Å². The molecular weight excluding hydrogens is 556 g/mol. The quantitative estimate of drug-likeness (QED) is 0.342. The summed E-state index contributed by atoms with van der Waals surface area (Å²) in [5, 5.41) is 36.5. The summed E-state index contributed by atoms with van der Waals surface area (Å²) in [7, 11) is 0. The molecule has 2 heterocycles. The van der Waals surface area contributed by atoms with Crippen LogP contribution >= 0.6 is 0 Å². The highest BCUT2D eigenvalue weighted by molar-refractivity contribution is 5.89. The van der Waals surface area contributed by atoms with Crippen LogP contribution in [0, 0.1) is 16.7 Å². The van der Waals surface area contributed by atoms with Gasteiger partial charge in [-0.3, -0.25) is 4.79 Å². The molecule has 2 saturated heterocycles. The standard InChI is InChI=1S/C33H42O10/c1-7-22(36)43-32-16-39-21(32)14-20(35)31(6)26(32)28(42-29(37)18-12-10-9-11-13-18)33(38)15-19(34)17(3)24(30(33,4)5)25-27(31)41-23(8-2)40-25/h8-13,19-21,23,25-28,34-35,38H,2,7,14-16H2,1,3-6H3/t19-,20-,21+,23?,25+,26-,27+,28-,31+,32-,33+/m0/s1. The summed E-state index contributed by atoms with van der Waals surface area (Å²) in [6.07, 6.45) is -5.25. The van der Waals surface area contributed by atoms with Gasteiger partial charge >= 0.3 is 11.9 Å². The lowest BCUT2D eigenvalue weighted by molar-refractivity contribution is -0.362. The van der Waals surface area contributed by atoms with Crippen molar-refractivity contribution in [2.75, 3.05) is 6.61 Å². The van der Waals surface area contributed by atoms with Crippen LogP contribution in [0.1, 0.15) is 64.2 Å². The normalized spacial score (nSPS) is 44.5. The maximum absolute atomic E-state index is 13.9. The Morgan fingerprint density at radius 1 is 1.14 bits per heavy atom. The van der Waals surface area contributed by atoms with E-state index in [0.717, 1.165) is 0 Å². The van der Waals surface area contributed by atoms with Crippen LogP contribution in [-0.4, -0.2) is 88.0 Å². The number of rotatable bonds is 5. The molecule has 11 atom stereocenters. The van der Waals surface area contributed by atoms with Gasteiger partial charge in [0.25, 0.3) is 0 Å². The Morgan fingerprint density at radius 2 is 1.84 bits per heavy atom. The Bertz CT molecular complexity index is 1340. The molecule has 1 aromatic carbocycles. The number of aliphatic hydroxyl groups is 3. The van der Waals surface area contributed by atoms with Crippen molar-refractivity contribution in [2.45, 2.75) is 108 Å². The zero-order valence-electron chi connectivity index (χ0n) is 25.3. The summed E-state index contributed by atoms with van der Waals surface area (Å²) in [6, 6.07) is 8.42.